The van der Waals surface area contributed by atoms with Crippen molar-refractivity contribution in [1.82, 2.24) is 4.57 Å². The summed E-state index contributed by atoms with van der Waals surface area (Å²) in [6, 6.07) is 10.6. The summed E-state index contributed by atoms with van der Waals surface area (Å²) in [5.41, 5.74) is 4.65. The molecule has 0 fully saturated rings. The van der Waals surface area contributed by atoms with Crippen LogP contribution in [0.3, 0.4) is 0 Å². The minimum absolute atomic E-state index is 0.344. The molecule has 6 nitrogen and oxygen atoms in total. The fourth-order valence-corrected chi connectivity index (χ4v) is 2.75. The second-order valence-electron chi connectivity index (χ2n) is 6.03. The summed E-state index contributed by atoms with van der Waals surface area (Å²) >= 11 is 0. The van der Waals surface area contributed by atoms with Gasteiger partial charge in [0.2, 0.25) is 0 Å². The zero-order valence-electron chi connectivity index (χ0n) is 14.6. The van der Waals surface area contributed by atoms with Crippen molar-refractivity contribution < 1.29 is 9.21 Å². The van der Waals surface area contributed by atoms with Crippen LogP contribution >= 0.6 is 0 Å². The fraction of sp³-hybridized carbons (Fsp3) is 0.263. The van der Waals surface area contributed by atoms with Gasteiger partial charge in [0, 0.05) is 24.0 Å². The molecule has 3 aromatic rings. The minimum atomic E-state index is -0.381. The van der Waals surface area contributed by atoms with Crippen LogP contribution in [0.15, 0.2) is 45.6 Å². The number of hydrogen-bond donors (Lipinski definition) is 2. The van der Waals surface area contributed by atoms with Crippen LogP contribution in [0, 0.1) is 13.8 Å². The van der Waals surface area contributed by atoms with Crippen LogP contribution in [0.5, 0.6) is 0 Å². The Labute approximate surface area is 145 Å². The predicted molar refractivity (Wildman–Crippen MR) is 99.3 cm³/mol. The van der Waals surface area contributed by atoms with Crippen molar-refractivity contribution >= 4 is 28.5 Å². The van der Waals surface area contributed by atoms with E-state index in [4.69, 9.17) is 4.42 Å². The third kappa shape index (κ3) is 3.42. The van der Waals surface area contributed by atoms with Crippen molar-refractivity contribution in [3.8, 4) is 0 Å². The first kappa shape index (κ1) is 16.8. The quantitative estimate of drug-likeness (QED) is 0.745. The summed E-state index contributed by atoms with van der Waals surface area (Å²) in [6.07, 6.45) is 0.840. The van der Waals surface area contributed by atoms with Crippen molar-refractivity contribution in [3.63, 3.8) is 0 Å². The fourth-order valence-electron chi connectivity index (χ4n) is 2.75. The second kappa shape index (κ2) is 6.84. The molecule has 0 unspecified atom stereocenters. The van der Waals surface area contributed by atoms with Gasteiger partial charge in [-0.2, -0.15) is 0 Å². The number of benzene rings is 2. The topological polar surface area (TPSA) is 76.3 Å². The van der Waals surface area contributed by atoms with Gasteiger partial charge in [0.15, 0.2) is 5.58 Å². The highest BCUT2D eigenvalue weighted by atomic mass is 16.4. The molecular formula is C19H21N3O3. The number of rotatable bonds is 4. The lowest BCUT2D eigenvalue weighted by Crippen LogP contribution is -2.20. The molecule has 6 heteroatoms. The Morgan fingerprint density at radius 2 is 1.96 bits per heavy atom. The first-order valence-electron chi connectivity index (χ1n) is 8.27. The van der Waals surface area contributed by atoms with Gasteiger partial charge < -0.3 is 15.1 Å². The van der Waals surface area contributed by atoms with Crippen molar-refractivity contribution in [3.05, 3.63) is 58.1 Å². The molecule has 0 aliphatic carbocycles. The van der Waals surface area contributed by atoms with E-state index in [1.54, 1.807) is 22.8 Å². The van der Waals surface area contributed by atoms with Gasteiger partial charge in [-0.15, -0.1) is 0 Å². The van der Waals surface area contributed by atoms with Gasteiger partial charge in [0.05, 0.1) is 5.52 Å². The van der Waals surface area contributed by atoms with E-state index in [1.165, 1.54) is 0 Å². The van der Waals surface area contributed by atoms with Crippen LogP contribution in [-0.4, -0.2) is 10.6 Å². The summed E-state index contributed by atoms with van der Waals surface area (Å²) in [6.45, 7) is 6.56. The molecule has 0 saturated heterocycles. The van der Waals surface area contributed by atoms with Gasteiger partial charge in [-0.25, -0.2) is 9.59 Å². The number of carbonyl (C=O) groups is 1. The van der Waals surface area contributed by atoms with Crippen molar-refractivity contribution in [2.24, 2.45) is 0 Å². The second-order valence-corrected chi connectivity index (χ2v) is 6.03. The summed E-state index contributed by atoms with van der Waals surface area (Å²) in [7, 11) is 0. The molecule has 0 aliphatic rings. The van der Waals surface area contributed by atoms with Gasteiger partial charge in [-0.1, -0.05) is 19.1 Å². The highest BCUT2D eigenvalue weighted by Gasteiger charge is 2.11. The highest BCUT2D eigenvalue weighted by molar-refractivity contribution is 6.01. The van der Waals surface area contributed by atoms with Crippen molar-refractivity contribution in [2.75, 3.05) is 10.6 Å². The molecule has 0 aliphatic heterocycles. The van der Waals surface area contributed by atoms with E-state index in [-0.39, 0.29) is 11.8 Å². The smallest absolute Gasteiger partial charge is 0.408 e. The van der Waals surface area contributed by atoms with E-state index in [9.17, 15) is 9.59 Å². The van der Waals surface area contributed by atoms with Gasteiger partial charge in [0.1, 0.15) is 0 Å². The Hall–Kier alpha value is -3.02. The maximum absolute atomic E-state index is 12.2. The molecule has 2 N–H and O–H groups in total. The van der Waals surface area contributed by atoms with Crippen LogP contribution in [0.4, 0.5) is 16.2 Å². The standard InChI is InChI=1S/C19H21N3O3/c1-4-10-22-16-9-8-14(11-17(16)25-19(22)24)20-18(23)21-15-7-5-6-12(2)13(15)3/h5-9,11H,4,10H2,1-3H3,(H2,20,21,23). The van der Waals surface area contributed by atoms with Crippen molar-refractivity contribution in [1.29, 1.82) is 0 Å². The average molecular weight is 339 g/mol. The number of carbonyl (C=O) groups excluding carboxylic acids is 1. The molecule has 1 aromatic heterocycles. The van der Waals surface area contributed by atoms with Crippen LogP contribution in [-0.2, 0) is 6.54 Å². The average Bonchev–Trinajstić information content (AvgIpc) is 2.87. The number of nitrogens with one attached hydrogen (secondary N) is 2. The Balaban J connectivity index is 1.79. The zero-order valence-corrected chi connectivity index (χ0v) is 14.6. The Kier molecular flexibility index (Phi) is 4.61. The Bertz CT molecular complexity index is 985. The Morgan fingerprint density at radius 3 is 2.72 bits per heavy atom. The number of oxazole rings is 1. The van der Waals surface area contributed by atoms with Crippen molar-refractivity contribution in [2.45, 2.75) is 33.7 Å². The predicted octanol–water partition coefficient (Wildman–Crippen LogP) is 4.27. The van der Waals surface area contributed by atoms with Gasteiger partial charge in [0.25, 0.3) is 0 Å². The highest BCUT2D eigenvalue weighted by Crippen LogP contribution is 2.21. The van der Waals surface area contributed by atoms with Crippen LogP contribution in [0.1, 0.15) is 24.5 Å². The molecule has 2 amide bonds. The molecule has 0 saturated carbocycles. The van der Waals surface area contributed by atoms with Gasteiger partial charge >= 0.3 is 11.8 Å². The molecule has 130 valence electrons. The number of aromatic nitrogens is 1. The molecule has 0 spiro atoms. The number of amides is 2. The molecule has 3 rings (SSSR count). The lowest BCUT2D eigenvalue weighted by molar-refractivity contribution is 0.262. The number of fused-ring (bicyclic) bond motifs is 1. The summed E-state index contributed by atoms with van der Waals surface area (Å²) < 4.78 is 6.86. The molecule has 0 atom stereocenters. The van der Waals surface area contributed by atoms with E-state index in [2.05, 4.69) is 10.6 Å². The van der Waals surface area contributed by atoms with Gasteiger partial charge in [-0.3, -0.25) is 4.57 Å². The summed E-state index contributed by atoms with van der Waals surface area (Å²) in [5, 5.41) is 5.61. The normalized spacial score (nSPS) is 10.8. The number of nitrogens with zero attached hydrogens (tertiary/aromatic N) is 1. The van der Waals surface area contributed by atoms with E-state index < -0.39 is 0 Å². The molecule has 2 aromatic carbocycles. The third-order valence-electron chi connectivity index (χ3n) is 4.23. The lowest BCUT2D eigenvalue weighted by atomic mass is 10.1. The number of hydrogen-bond acceptors (Lipinski definition) is 3. The lowest BCUT2D eigenvalue weighted by Gasteiger charge is -2.11. The Morgan fingerprint density at radius 1 is 1.16 bits per heavy atom. The van der Waals surface area contributed by atoms with Crippen LogP contribution in [0.25, 0.3) is 11.1 Å². The minimum Gasteiger partial charge on any atom is -0.408 e. The van der Waals surface area contributed by atoms with E-state index in [0.717, 1.165) is 28.8 Å². The zero-order chi connectivity index (χ0) is 18.0. The van der Waals surface area contributed by atoms with Gasteiger partial charge in [-0.05, 0) is 49.6 Å². The monoisotopic (exact) mass is 339 g/mol. The molecule has 0 radical (unpaired) electrons. The maximum atomic E-state index is 12.2. The molecule has 0 bridgehead atoms. The SMILES string of the molecule is CCCn1c(=O)oc2cc(NC(=O)Nc3cccc(C)c3C)ccc21. The third-order valence-corrected chi connectivity index (χ3v) is 4.23. The largest absolute Gasteiger partial charge is 0.419 e. The number of anilines is 2. The number of aryl methyl sites for hydroxylation is 2. The number of urea groups is 1. The first-order valence-corrected chi connectivity index (χ1v) is 8.27. The summed E-state index contributed by atoms with van der Waals surface area (Å²) in [5.74, 6) is -0.381. The molecule has 1 heterocycles. The first-order chi connectivity index (χ1) is 12.0. The maximum Gasteiger partial charge on any atom is 0.419 e. The molecular weight excluding hydrogens is 318 g/mol. The van der Waals surface area contributed by atoms with E-state index >= 15 is 0 Å². The summed E-state index contributed by atoms with van der Waals surface area (Å²) in [4.78, 5) is 24.1. The molecule has 25 heavy (non-hydrogen) atoms. The van der Waals surface area contributed by atoms with E-state index in [1.807, 2.05) is 39.0 Å². The van der Waals surface area contributed by atoms with E-state index in [0.29, 0.717) is 17.8 Å². The van der Waals surface area contributed by atoms with Crippen LogP contribution in [0.2, 0.25) is 0 Å². The van der Waals surface area contributed by atoms with Crippen LogP contribution < -0.4 is 16.4 Å².